The fraction of sp³-hybridized carbons (Fsp3) is 0.350. The summed E-state index contributed by atoms with van der Waals surface area (Å²) >= 11 is 4.11. The molecule has 2 aliphatic heterocycles. The van der Waals surface area contributed by atoms with Gasteiger partial charge in [-0.05, 0) is 18.1 Å². The number of rotatable bonds is 8. The predicted molar refractivity (Wildman–Crippen MR) is 119 cm³/mol. The van der Waals surface area contributed by atoms with Gasteiger partial charge < -0.3 is 20.0 Å². The summed E-state index contributed by atoms with van der Waals surface area (Å²) in [6.07, 6.45) is 0.0724. The maximum atomic E-state index is 13.1. The second-order valence-corrected chi connectivity index (χ2v) is 10.6. The van der Waals surface area contributed by atoms with Gasteiger partial charge >= 0.3 is 0 Å². The summed E-state index contributed by atoms with van der Waals surface area (Å²) < 4.78 is 6.17. The van der Waals surface area contributed by atoms with Gasteiger partial charge in [-0.15, -0.1) is 22.0 Å². The van der Waals surface area contributed by atoms with E-state index in [1.165, 1.54) is 42.0 Å². The van der Waals surface area contributed by atoms with Crippen LogP contribution >= 0.6 is 34.9 Å². The zero-order valence-corrected chi connectivity index (χ0v) is 19.6. The third-order valence-corrected chi connectivity index (χ3v) is 8.47. The zero-order chi connectivity index (χ0) is 22.9. The molecule has 2 aromatic rings. The highest BCUT2D eigenvalue weighted by atomic mass is 32.2. The number of ether oxygens (including phenoxy) is 1. The Balaban J connectivity index is 1.52. The van der Waals surface area contributed by atoms with E-state index in [1.807, 2.05) is 37.3 Å². The second kappa shape index (κ2) is 9.22. The van der Waals surface area contributed by atoms with E-state index in [0.29, 0.717) is 21.4 Å². The number of aryl methyl sites for hydroxylation is 1. The minimum atomic E-state index is -1.62. The molecule has 4 rings (SSSR count). The van der Waals surface area contributed by atoms with Crippen molar-refractivity contribution in [3.8, 4) is 0 Å². The summed E-state index contributed by atoms with van der Waals surface area (Å²) in [6, 6.07) is 9.11. The Morgan fingerprint density at radius 1 is 1.34 bits per heavy atom. The fourth-order valence-corrected chi connectivity index (χ4v) is 6.95. The number of aromatic nitrogens is 2. The van der Waals surface area contributed by atoms with Gasteiger partial charge in [-0.25, -0.2) is 0 Å². The third-order valence-electron chi connectivity index (χ3n) is 5.04. The number of carbonyl (C=O) groups is 3. The molecular formula is C20H19N4O5S3-. The molecule has 2 amide bonds. The van der Waals surface area contributed by atoms with Crippen LogP contribution in [0.1, 0.15) is 10.6 Å². The lowest BCUT2D eigenvalue weighted by Crippen LogP contribution is -2.81. The van der Waals surface area contributed by atoms with Crippen LogP contribution in [0.4, 0.5) is 0 Å². The molecule has 0 spiro atoms. The third kappa shape index (κ3) is 4.15. The molecule has 1 aromatic heterocycles. The molecule has 2 aliphatic rings. The Morgan fingerprint density at radius 3 is 2.72 bits per heavy atom. The van der Waals surface area contributed by atoms with Gasteiger partial charge in [0.1, 0.15) is 10.4 Å². The Hall–Kier alpha value is -2.41. The zero-order valence-electron chi connectivity index (χ0n) is 17.2. The molecule has 3 heterocycles. The molecule has 0 aliphatic carbocycles. The molecule has 2 atom stereocenters. The van der Waals surface area contributed by atoms with Gasteiger partial charge in [-0.2, -0.15) is 0 Å². The Kier molecular flexibility index (Phi) is 6.56. The number of carboxylic acid groups (broad SMARTS) is 1. The predicted octanol–water partition coefficient (Wildman–Crippen LogP) is 0.559. The monoisotopic (exact) mass is 491 g/mol. The van der Waals surface area contributed by atoms with Crippen LogP contribution in [0.25, 0.3) is 0 Å². The molecule has 1 aromatic carbocycles. The fourth-order valence-electron chi connectivity index (χ4n) is 3.56. The van der Waals surface area contributed by atoms with E-state index in [-0.39, 0.29) is 12.1 Å². The van der Waals surface area contributed by atoms with Gasteiger partial charge in [0.15, 0.2) is 4.34 Å². The number of amides is 2. The van der Waals surface area contributed by atoms with E-state index in [9.17, 15) is 19.5 Å². The van der Waals surface area contributed by atoms with Crippen molar-refractivity contribution in [2.24, 2.45) is 0 Å². The normalized spacial score (nSPS) is 22.4. The van der Waals surface area contributed by atoms with E-state index >= 15 is 0 Å². The Bertz CT molecular complexity index is 1090. The number of aliphatic carboxylic acids is 1. The molecule has 0 bridgehead atoms. The molecule has 9 nitrogen and oxygen atoms in total. The number of methoxy groups -OCH3 is 1. The topological polar surface area (TPSA) is 125 Å². The molecule has 0 radical (unpaired) electrons. The molecule has 32 heavy (non-hydrogen) atoms. The van der Waals surface area contributed by atoms with E-state index < -0.39 is 28.9 Å². The second-order valence-electron chi connectivity index (χ2n) is 7.10. The van der Waals surface area contributed by atoms with Gasteiger partial charge in [0.25, 0.3) is 11.6 Å². The lowest BCUT2D eigenvalue weighted by molar-refractivity contribution is -0.302. The van der Waals surface area contributed by atoms with Crippen LogP contribution in [0.5, 0.6) is 0 Å². The number of carboxylic acids is 1. The lowest BCUT2D eigenvalue weighted by Gasteiger charge is -2.56. The average Bonchev–Trinajstić information content (AvgIpc) is 3.20. The van der Waals surface area contributed by atoms with Crippen LogP contribution in [0, 0.1) is 6.92 Å². The van der Waals surface area contributed by atoms with Crippen molar-refractivity contribution in [3.05, 3.63) is 52.2 Å². The largest absolute Gasteiger partial charge is 0.543 e. The van der Waals surface area contributed by atoms with Crippen molar-refractivity contribution >= 4 is 52.6 Å². The maximum Gasteiger partial charge on any atom is 0.284 e. The van der Waals surface area contributed by atoms with Crippen molar-refractivity contribution in [1.82, 2.24) is 20.4 Å². The molecule has 1 N–H and O–H groups in total. The van der Waals surface area contributed by atoms with E-state index in [1.54, 1.807) is 0 Å². The summed E-state index contributed by atoms with van der Waals surface area (Å²) in [7, 11) is 1.32. The van der Waals surface area contributed by atoms with E-state index in [0.717, 1.165) is 15.5 Å². The molecule has 1 saturated heterocycles. The minimum absolute atomic E-state index is 0.0724. The quantitative estimate of drug-likeness (QED) is 0.320. The van der Waals surface area contributed by atoms with Crippen LogP contribution in [-0.4, -0.2) is 62.6 Å². The van der Waals surface area contributed by atoms with Crippen molar-refractivity contribution in [3.63, 3.8) is 0 Å². The Morgan fingerprint density at radius 2 is 2.09 bits per heavy atom. The highest BCUT2D eigenvalue weighted by Crippen LogP contribution is 2.47. The maximum absolute atomic E-state index is 13.1. The molecule has 1 unspecified atom stereocenters. The van der Waals surface area contributed by atoms with Crippen LogP contribution in [0.15, 0.2) is 45.9 Å². The number of nitrogens with zero attached hydrogens (tertiary/aromatic N) is 3. The smallest absolute Gasteiger partial charge is 0.284 e. The first kappa shape index (κ1) is 22.8. The Labute approximate surface area is 196 Å². The minimum Gasteiger partial charge on any atom is -0.543 e. The SMILES string of the molecule is CO[C@@]1(NC(=O)Cc2ccccc2)C(=O)N2C(C(=O)[O-])=C(CSc3nnc(C)s3)CSC21. The first-order chi connectivity index (χ1) is 15.4. The molecule has 0 saturated carbocycles. The van der Waals surface area contributed by atoms with Gasteiger partial charge in [0.05, 0.1) is 18.1 Å². The first-order valence-electron chi connectivity index (χ1n) is 9.57. The molecule has 12 heteroatoms. The van der Waals surface area contributed by atoms with Gasteiger partial charge in [-0.3, -0.25) is 14.5 Å². The summed E-state index contributed by atoms with van der Waals surface area (Å²) in [6.45, 7) is 1.84. The van der Waals surface area contributed by atoms with Crippen LogP contribution in [0.2, 0.25) is 0 Å². The van der Waals surface area contributed by atoms with Crippen LogP contribution in [-0.2, 0) is 25.5 Å². The number of hydrogen-bond acceptors (Lipinski definition) is 10. The summed E-state index contributed by atoms with van der Waals surface area (Å²) in [4.78, 5) is 38.8. The van der Waals surface area contributed by atoms with Gasteiger partial charge in [0, 0.05) is 18.6 Å². The average molecular weight is 492 g/mol. The number of nitrogens with one attached hydrogen (secondary N) is 1. The highest BCUT2D eigenvalue weighted by Gasteiger charge is 2.65. The van der Waals surface area contributed by atoms with E-state index in [2.05, 4.69) is 15.5 Å². The van der Waals surface area contributed by atoms with E-state index in [4.69, 9.17) is 4.74 Å². The number of β-lactam (4-membered cyclic amide) rings is 1. The number of fused-ring (bicyclic) bond motifs is 1. The van der Waals surface area contributed by atoms with Crippen LogP contribution < -0.4 is 10.4 Å². The first-order valence-corrected chi connectivity index (χ1v) is 12.4. The standard InChI is InChI=1S/C20H20N4O5S3/c1-11-22-23-19(32-11)31-10-13-9-30-18-20(29-2,17(28)24(18)15(13)16(26)27)21-14(25)8-12-6-4-3-5-7-12/h3-7,18H,8-10H2,1-2H3,(H,21,25)(H,26,27)/p-1/t18?,20-/m0/s1. The van der Waals surface area contributed by atoms with Gasteiger partial charge in [0.2, 0.25) is 5.91 Å². The van der Waals surface area contributed by atoms with Crippen molar-refractivity contribution in [2.45, 2.75) is 28.8 Å². The van der Waals surface area contributed by atoms with Gasteiger partial charge in [-0.1, -0.05) is 53.4 Å². The molecular weight excluding hydrogens is 472 g/mol. The van der Waals surface area contributed by atoms with Crippen LogP contribution in [0.3, 0.4) is 0 Å². The summed E-state index contributed by atoms with van der Waals surface area (Å²) in [5, 5.41) is 22.7. The lowest BCUT2D eigenvalue weighted by atomic mass is 9.98. The van der Waals surface area contributed by atoms with Crippen molar-refractivity contribution in [2.75, 3.05) is 18.6 Å². The highest BCUT2D eigenvalue weighted by molar-refractivity contribution is 8.01. The molecule has 168 valence electrons. The molecule has 1 fully saturated rings. The number of benzene rings is 1. The van der Waals surface area contributed by atoms with Crippen molar-refractivity contribution < 1.29 is 24.2 Å². The summed E-state index contributed by atoms with van der Waals surface area (Å²) in [5.74, 6) is -1.78. The number of carbonyl (C=O) groups excluding carboxylic acids is 3. The number of hydrogen-bond donors (Lipinski definition) is 1. The van der Waals surface area contributed by atoms with Crippen molar-refractivity contribution in [1.29, 1.82) is 0 Å². The summed E-state index contributed by atoms with van der Waals surface area (Å²) in [5.41, 5.74) is -0.445. The number of thioether (sulfide) groups is 2.